The van der Waals surface area contributed by atoms with Crippen molar-refractivity contribution >= 4 is 43.4 Å². The van der Waals surface area contributed by atoms with Gasteiger partial charge in [0, 0.05) is 32.8 Å². The van der Waals surface area contributed by atoms with Gasteiger partial charge in [0.15, 0.2) is 17.5 Å². The molecule has 57 heavy (non-hydrogen) atoms. The highest BCUT2D eigenvalue weighted by atomic mass is 15.0. The summed E-state index contributed by atoms with van der Waals surface area (Å²) in [5, 5.41) is 7.20. The van der Waals surface area contributed by atoms with Crippen LogP contribution >= 0.6 is 0 Å². The van der Waals surface area contributed by atoms with Crippen molar-refractivity contribution in [1.29, 1.82) is 0 Å². The Morgan fingerprint density at radius 2 is 0.807 bits per heavy atom. The van der Waals surface area contributed by atoms with Gasteiger partial charge in [0.25, 0.3) is 0 Å². The summed E-state index contributed by atoms with van der Waals surface area (Å²) in [4.78, 5) is 15.7. The summed E-state index contributed by atoms with van der Waals surface area (Å²) < 4.78 is 2.41. The van der Waals surface area contributed by atoms with E-state index in [1.165, 1.54) is 27.1 Å². The number of rotatable bonds is 6. The molecule has 0 aliphatic heterocycles. The average molecular weight is 727 g/mol. The minimum absolute atomic E-state index is 0.616. The fourth-order valence-corrected chi connectivity index (χ4v) is 8.28. The van der Waals surface area contributed by atoms with E-state index in [0.717, 1.165) is 60.9 Å². The molecule has 9 aromatic carbocycles. The number of nitrogens with zero attached hydrogens (tertiary/aromatic N) is 4. The summed E-state index contributed by atoms with van der Waals surface area (Å²) in [7, 11) is 0. The van der Waals surface area contributed by atoms with Gasteiger partial charge in [-0.15, -0.1) is 0 Å². The Morgan fingerprint density at radius 3 is 1.56 bits per heavy atom. The molecule has 11 rings (SSSR count). The van der Waals surface area contributed by atoms with Crippen LogP contribution in [0.3, 0.4) is 0 Å². The summed E-state index contributed by atoms with van der Waals surface area (Å²) in [6.45, 7) is 0. The van der Waals surface area contributed by atoms with Gasteiger partial charge in [-0.25, -0.2) is 15.0 Å². The van der Waals surface area contributed by atoms with Crippen LogP contribution in [0.4, 0.5) is 0 Å². The molecule has 4 heteroatoms. The third kappa shape index (κ3) is 5.74. The van der Waals surface area contributed by atoms with Gasteiger partial charge in [-0.1, -0.05) is 176 Å². The zero-order valence-corrected chi connectivity index (χ0v) is 30.9. The van der Waals surface area contributed by atoms with Gasteiger partial charge in [-0.05, 0) is 68.7 Å². The second kappa shape index (κ2) is 13.6. The van der Waals surface area contributed by atoms with E-state index in [1.54, 1.807) is 0 Å². The molecule has 0 spiro atoms. The first kappa shape index (κ1) is 32.7. The third-order valence-corrected chi connectivity index (χ3v) is 11.0. The van der Waals surface area contributed by atoms with Crippen LogP contribution in [0.15, 0.2) is 206 Å². The lowest BCUT2D eigenvalue weighted by molar-refractivity contribution is 1.07. The first-order valence-electron chi connectivity index (χ1n) is 19.3. The van der Waals surface area contributed by atoms with Crippen LogP contribution in [0.2, 0.25) is 0 Å². The predicted octanol–water partition coefficient (Wildman–Crippen LogP) is 13.6. The quantitative estimate of drug-likeness (QED) is 0.171. The molecule has 0 amide bonds. The molecule has 2 aromatic heterocycles. The smallest absolute Gasteiger partial charge is 0.164 e. The van der Waals surface area contributed by atoms with E-state index in [0.29, 0.717) is 17.5 Å². The minimum Gasteiger partial charge on any atom is -0.309 e. The first-order valence-corrected chi connectivity index (χ1v) is 19.3. The number of benzene rings is 9. The molecule has 11 aromatic rings. The normalized spacial score (nSPS) is 11.5. The van der Waals surface area contributed by atoms with Crippen LogP contribution in [0, 0.1) is 0 Å². The Labute approximate surface area is 330 Å². The van der Waals surface area contributed by atoms with E-state index in [4.69, 9.17) is 15.0 Å². The van der Waals surface area contributed by atoms with Crippen molar-refractivity contribution in [2.24, 2.45) is 0 Å². The highest BCUT2D eigenvalue weighted by molar-refractivity contribution is 6.21. The van der Waals surface area contributed by atoms with E-state index in [1.807, 2.05) is 12.1 Å². The van der Waals surface area contributed by atoms with E-state index in [2.05, 4.69) is 199 Å². The number of para-hydroxylation sites is 1. The van der Waals surface area contributed by atoms with Gasteiger partial charge in [-0.2, -0.15) is 0 Å². The number of aromatic nitrogens is 4. The van der Waals surface area contributed by atoms with E-state index < -0.39 is 0 Å². The van der Waals surface area contributed by atoms with Crippen LogP contribution in [0.5, 0.6) is 0 Å². The zero-order valence-electron chi connectivity index (χ0n) is 30.9. The van der Waals surface area contributed by atoms with Crippen LogP contribution < -0.4 is 0 Å². The monoisotopic (exact) mass is 726 g/mol. The summed E-state index contributed by atoms with van der Waals surface area (Å²) in [5.41, 5.74) is 10.7. The fraction of sp³-hybridized carbons (Fsp3) is 0. The molecule has 0 radical (unpaired) electrons. The van der Waals surface area contributed by atoms with Crippen molar-refractivity contribution in [2.75, 3.05) is 0 Å². The standard InChI is InChI=1S/C53H34N4/c1-3-14-35(15-4-1)37-26-28-39(29-27-37)51-54-52(42-21-13-20-40(32-42)36-16-5-2-6-17-36)56-53(55-51)43-33-41-19-8-9-22-44(41)49(34-43)57-47-25-12-11-24-46(47)50-45-23-10-7-18-38(45)30-31-48(50)57/h1-34H. The van der Waals surface area contributed by atoms with Gasteiger partial charge < -0.3 is 4.57 Å². The maximum absolute atomic E-state index is 5.26. The summed E-state index contributed by atoms with van der Waals surface area (Å²) in [6, 6.07) is 72.8. The second-order valence-electron chi connectivity index (χ2n) is 14.4. The SMILES string of the molecule is c1ccc(-c2ccc(-c3nc(-c4cccc(-c5ccccc5)c4)nc(-c4cc(-n5c6ccccc6c6c7ccccc7ccc65)c5ccccc5c4)n3)cc2)cc1. The lowest BCUT2D eigenvalue weighted by Crippen LogP contribution is -2.02. The summed E-state index contributed by atoms with van der Waals surface area (Å²) >= 11 is 0. The maximum atomic E-state index is 5.26. The molecule has 2 heterocycles. The highest BCUT2D eigenvalue weighted by Gasteiger charge is 2.19. The molecule has 0 unspecified atom stereocenters. The van der Waals surface area contributed by atoms with Crippen LogP contribution in [-0.2, 0) is 0 Å². The molecule has 0 saturated carbocycles. The lowest BCUT2D eigenvalue weighted by atomic mass is 10.0. The van der Waals surface area contributed by atoms with E-state index >= 15 is 0 Å². The number of fused-ring (bicyclic) bond motifs is 6. The Bertz CT molecular complexity index is 3280. The molecule has 0 aliphatic rings. The van der Waals surface area contributed by atoms with Crippen molar-refractivity contribution in [3.05, 3.63) is 206 Å². The highest BCUT2D eigenvalue weighted by Crippen LogP contribution is 2.40. The van der Waals surface area contributed by atoms with E-state index in [9.17, 15) is 0 Å². The van der Waals surface area contributed by atoms with Crippen molar-refractivity contribution < 1.29 is 0 Å². The fourth-order valence-electron chi connectivity index (χ4n) is 8.28. The van der Waals surface area contributed by atoms with Crippen molar-refractivity contribution in [1.82, 2.24) is 19.5 Å². The molecule has 0 saturated heterocycles. The van der Waals surface area contributed by atoms with Gasteiger partial charge >= 0.3 is 0 Å². The second-order valence-corrected chi connectivity index (χ2v) is 14.4. The predicted molar refractivity (Wildman–Crippen MR) is 236 cm³/mol. The van der Waals surface area contributed by atoms with Crippen molar-refractivity contribution in [3.8, 4) is 62.1 Å². The molecule has 0 atom stereocenters. The van der Waals surface area contributed by atoms with Gasteiger partial charge in [0.05, 0.1) is 16.7 Å². The molecule has 0 N–H and O–H groups in total. The zero-order chi connectivity index (χ0) is 37.7. The molecule has 0 aliphatic carbocycles. The largest absolute Gasteiger partial charge is 0.309 e. The molecule has 266 valence electrons. The minimum atomic E-state index is 0.616. The Kier molecular flexibility index (Phi) is 7.78. The number of hydrogen-bond acceptors (Lipinski definition) is 3. The molecule has 4 nitrogen and oxygen atoms in total. The molecule has 0 bridgehead atoms. The van der Waals surface area contributed by atoms with Crippen molar-refractivity contribution in [2.45, 2.75) is 0 Å². The van der Waals surface area contributed by atoms with E-state index in [-0.39, 0.29) is 0 Å². The van der Waals surface area contributed by atoms with Crippen LogP contribution in [-0.4, -0.2) is 19.5 Å². The summed E-state index contributed by atoms with van der Waals surface area (Å²) in [5.74, 6) is 1.86. The van der Waals surface area contributed by atoms with Crippen LogP contribution in [0.1, 0.15) is 0 Å². The van der Waals surface area contributed by atoms with Gasteiger partial charge in [-0.3, -0.25) is 0 Å². The maximum Gasteiger partial charge on any atom is 0.164 e. The van der Waals surface area contributed by atoms with Gasteiger partial charge in [0.2, 0.25) is 0 Å². The number of hydrogen-bond donors (Lipinski definition) is 0. The first-order chi connectivity index (χ1) is 28.2. The Hall–Kier alpha value is -7.69. The summed E-state index contributed by atoms with van der Waals surface area (Å²) in [6.07, 6.45) is 0. The van der Waals surface area contributed by atoms with Crippen molar-refractivity contribution in [3.63, 3.8) is 0 Å². The Morgan fingerprint density at radius 1 is 0.281 bits per heavy atom. The lowest BCUT2D eigenvalue weighted by Gasteiger charge is -2.15. The molecular formula is C53H34N4. The topological polar surface area (TPSA) is 43.6 Å². The van der Waals surface area contributed by atoms with Crippen LogP contribution in [0.25, 0.3) is 105 Å². The van der Waals surface area contributed by atoms with Gasteiger partial charge in [0.1, 0.15) is 0 Å². The Balaban J connectivity index is 1.14. The third-order valence-electron chi connectivity index (χ3n) is 11.0. The average Bonchev–Trinajstić information content (AvgIpc) is 3.64. The molecule has 0 fully saturated rings. The molecular weight excluding hydrogens is 693 g/mol.